The Kier molecular flexibility index (Phi) is 3.33. The number of hydrogen-bond acceptors (Lipinski definition) is 3. The molecule has 0 radical (unpaired) electrons. The van der Waals surface area contributed by atoms with E-state index in [4.69, 9.17) is 10.6 Å². The van der Waals surface area contributed by atoms with E-state index in [1.807, 2.05) is 0 Å². The molecule has 3 atom stereocenters. The predicted molar refractivity (Wildman–Crippen MR) is 54.1 cm³/mol. The molecule has 1 heterocycles. The molecule has 1 saturated heterocycles. The van der Waals surface area contributed by atoms with Crippen molar-refractivity contribution in [1.29, 1.82) is 0 Å². The Bertz CT molecular complexity index is 165. The largest absolute Gasteiger partial charge is 0.376 e. The quantitative estimate of drug-likeness (QED) is 0.504. The van der Waals surface area contributed by atoms with Crippen molar-refractivity contribution in [3.63, 3.8) is 0 Å². The molecule has 0 aromatic rings. The average molecular weight is 186 g/mol. The van der Waals surface area contributed by atoms with E-state index < -0.39 is 0 Å². The van der Waals surface area contributed by atoms with E-state index in [0.29, 0.717) is 5.92 Å². The number of hydrogen-bond donors (Lipinski definition) is 2. The topological polar surface area (TPSA) is 47.3 Å². The Balaban J connectivity index is 2.66. The van der Waals surface area contributed by atoms with Crippen molar-refractivity contribution in [2.24, 2.45) is 17.2 Å². The highest BCUT2D eigenvalue weighted by molar-refractivity contribution is 4.90. The summed E-state index contributed by atoms with van der Waals surface area (Å²) in [7, 11) is 0. The van der Waals surface area contributed by atoms with Crippen LogP contribution in [0.5, 0.6) is 0 Å². The molecule has 0 aromatic heterocycles. The monoisotopic (exact) mass is 186 g/mol. The Hall–Kier alpha value is -0.120. The van der Waals surface area contributed by atoms with E-state index >= 15 is 0 Å². The van der Waals surface area contributed by atoms with Crippen LogP contribution in [0.2, 0.25) is 0 Å². The molecule has 0 spiro atoms. The zero-order valence-electron chi connectivity index (χ0n) is 9.13. The average Bonchev–Trinajstić information content (AvgIpc) is 2.35. The lowest BCUT2D eigenvalue weighted by molar-refractivity contribution is 0.0232. The Morgan fingerprint density at radius 3 is 2.38 bits per heavy atom. The predicted octanol–water partition coefficient (Wildman–Crippen LogP) is 1.29. The van der Waals surface area contributed by atoms with Gasteiger partial charge in [0, 0.05) is 6.61 Å². The van der Waals surface area contributed by atoms with Gasteiger partial charge in [0.25, 0.3) is 0 Å². The highest BCUT2D eigenvalue weighted by Crippen LogP contribution is 2.31. The summed E-state index contributed by atoms with van der Waals surface area (Å²) >= 11 is 0. The third kappa shape index (κ3) is 2.42. The van der Waals surface area contributed by atoms with Crippen molar-refractivity contribution in [2.75, 3.05) is 6.61 Å². The summed E-state index contributed by atoms with van der Waals surface area (Å²) in [5.41, 5.74) is 3.04. The van der Waals surface area contributed by atoms with Gasteiger partial charge in [0.05, 0.1) is 12.1 Å². The first-order valence-corrected chi connectivity index (χ1v) is 5.04. The summed E-state index contributed by atoms with van der Waals surface area (Å²) in [5, 5.41) is 0. The maximum atomic E-state index is 5.70. The fourth-order valence-electron chi connectivity index (χ4n) is 1.98. The molecule has 1 aliphatic rings. The molecule has 1 aliphatic heterocycles. The van der Waals surface area contributed by atoms with Gasteiger partial charge in [0.15, 0.2) is 0 Å². The van der Waals surface area contributed by atoms with Crippen molar-refractivity contribution in [3.8, 4) is 0 Å². The first kappa shape index (κ1) is 11.0. The molecule has 3 N–H and O–H groups in total. The van der Waals surface area contributed by atoms with Crippen LogP contribution >= 0.6 is 0 Å². The van der Waals surface area contributed by atoms with Crippen LogP contribution in [-0.2, 0) is 4.74 Å². The van der Waals surface area contributed by atoms with Gasteiger partial charge in [-0.25, -0.2) is 0 Å². The van der Waals surface area contributed by atoms with Gasteiger partial charge in [-0.15, -0.1) is 0 Å². The van der Waals surface area contributed by atoms with Crippen molar-refractivity contribution >= 4 is 0 Å². The van der Waals surface area contributed by atoms with Gasteiger partial charge in [-0.1, -0.05) is 27.7 Å². The smallest absolute Gasteiger partial charge is 0.0772 e. The van der Waals surface area contributed by atoms with Crippen molar-refractivity contribution in [1.82, 2.24) is 5.43 Å². The molecule has 3 nitrogen and oxygen atoms in total. The molecular weight excluding hydrogens is 164 g/mol. The lowest BCUT2D eigenvalue weighted by atomic mass is 9.80. The van der Waals surface area contributed by atoms with Gasteiger partial charge in [-0.3, -0.25) is 11.3 Å². The lowest BCUT2D eigenvalue weighted by Gasteiger charge is -2.35. The number of hydrazine groups is 1. The van der Waals surface area contributed by atoms with Gasteiger partial charge in [0.2, 0.25) is 0 Å². The minimum absolute atomic E-state index is 0.151. The molecule has 0 aromatic carbocycles. The third-order valence-corrected chi connectivity index (χ3v) is 2.89. The second-order valence-corrected chi connectivity index (χ2v) is 5.11. The minimum Gasteiger partial charge on any atom is -0.376 e. The van der Waals surface area contributed by atoms with Crippen LogP contribution in [0.1, 0.15) is 34.1 Å². The second kappa shape index (κ2) is 3.95. The molecule has 0 saturated carbocycles. The normalized spacial score (nSPS) is 32.1. The van der Waals surface area contributed by atoms with Gasteiger partial charge in [-0.05, 0) is 17.8 Å². The maximum absolute atomic E-state index is 5.70. The van der Waals surface area contributed by atoms with Gasteiger partial charge in [-0.2, -0.15) is 0 Å². The molecular formula is C10H22N2O. The van der Waals surface area contributed by atoms with E-state index in [9.17, 15) is 0 Å². The number of nitrogens with one attached hydrogen (secondary N) is 1. The van der Waals surface area contributed by atoms with Crippen molar-refractivity contribution in [3.05, 3.63) is 0 Å². The van der Waals surface area contributed by atoms with E-state index in [0.717, 1.165) is 13.0 Å². The summed E-state index contributed by atoms with van der Waals surface area (Å²) in [6.07, 6.45) is 1.42. The Morgan fingerprint density at radius 2 is 2.08 bits per heavy atom. The highest BCUT2D eigenvalue weighted by atomic mass is 16.5. The summed E-state index contributed by atoms with van der Waals surface area (Å²) in [5.74, 6) is 6.18. The van der Waals surface area contributed by atoms with Crippen LogP contribution in [0.15, 0.2) is 0 Å². The molecule has 3 unspecified atom stereocenters. The zero-order chi connectivity index (χ0) is 10.1. The molecule has 1 rings (SSSR count). The molecule has 0 aliphatic carbocycles. The molecule has 78 valence electrons. The number of rotatable bonds is 2. The van der Waals surface area contributed by atoms with Gasteiger partial charge in [0.1, 0.15) is 0 Å². The van der Waals surface area contributed by atoms with E-state index in [-0.39, 0.29) is 17.6 Å². The summed E-state index contributed by atoms with van der Waals surface area (Å²) in [6.45, 7) is 9.66. The van der Waals surface area contributed by atoms with Crippen molar-refractivity contribution < 1.29 is 4.74 Å². The molecule has 3 heteroatoms. The zero-order valence-corrected chi connectivity index (χ0v) is 9.13. The number of ether oxygens (including phenoxy) is 1. The molecule has 0 amide bonds. The van der Waals surface area contributed by atoms with Crippen LogP contribution < -0.4 is 11.3 Å². The van der Waals surface area contributed by atoms with Gasteiger partial charge < -0.3 is 4.74 Å². The maximum Gasteiger partial charge on any atom is 0.0772 e. The van der Waals surface area contributed by atoms with Crippen LogP contribution in [-0.4, -0.2) is 18.8 Å². The SMILES string of the molecule is CC1CCOC1C(NN)C(C)(C)C. The Morgan fingerprint density at radius 1 is 1.46 bits per heavy atom. The fraction of sp³-hybridized carbons (Fsp3) is 1.00. The van der Waals surface area contributed by atoms with Crippen LogP contribution in [0.4, 0.5) is 0 Å². The highest BCUT2D eigenvalue weighted by Gasteiger charge is 2.37. The van der Waals surface area contributed by atoms with Crippen LogP contribution in [0.25, 0.3) is 0 Å². The van der Waals surface area contributed by atoms with Crippen LogP contribution in [0, 0.1) is 11.3 Å². The first-order valence-electron chi connectivity index (χ1n) is 5.04. The summed E-state index contributed by atoms with van der Waals surface area (Å²) in [4.78, 5) is 0. The second-order valence-electron chi connectivity index (χ2n) is 5.11. The minimum atomic E-state index is 0.151. The standard InChI is InChI=1S/C10H22N2O/c1-7-5-6-13-8(7)9(12-11)10(2,3)4/h7-9,12H,5-6,11H2,1-4H3. The molecule has 1 fully saturated rings. The molecule has 13 heavy (non-hydrogen) atoms. The van der Waals surface area contributed by atoms with E-state index in [1.54, 1.807) is 0 Å². The van der Waals surface area contributed by atoms with Crippen molar-refractivity contribution in [2.45, 2.75) is 46.3 Å². The lowest BCUT2D eigenvalue weighted by Crippen LogP contribution is -2.53. The number of nitrogens with two attached hydrogens (primary N) is 1. The first-order chi connectivity index (χ1) is 5.96. The third-order valence-electron chi connectivity index (χ3n) is 2.89. The Labute approximate surface area is 81.0 Å². The van der Waals surface area contributed by atoms with Gasteiger partial charge >= 0.3 is 0 Å². The van der Waals surface area contributed by atoms with E-state index in [2.05, 4.69) is 33.1 Å². The molecule has 0 bridgehead atoms. The summed E-state index contributed by atoms with van der Waals surface area (Å²) in [6, 6.07) is 0.241. The summed E-state index contributed by atoms with van der Waals surface area (Å²) < 4.78 is 5.70. The van der Waals surface area contributed by atoms with Crippen LogP contribution in [0.3, 0.4) is 0 Å². The van der Waals surface area contributed by atoms with E-state index in [1.165, 1.54) is 0 Å². The fourth-order valence-corrected chi connectivity index (χ4v) is 1.98.